The van der Waals surface area contributed by atoms with Crippen LogP contribution in [0.4, 0.5) is 17.1 Å². The quantitative estimate of drug-likeness (QED) is 0.419. The third kappa shape index (κ3) is 3.96. The van der Waals surface area contributed by atoms with E-state index in [9.17, 15) is 19.8 Å². The highest BCUT2D eigenvalue weighted by Gasteiger charge is 2.67. The smallest absolute Gasteiger partial charge is 0.238 e. The van der Waals surface area contributed by atoms with Crippen LogP contribution in [0.1, 0.15) is 24.5 Å². The molecule has 8 nitrogen and oxygen atoms in total. The van der Waals surface area contributed by atoms with E-state index in [0.717, 1.165) is 11.4 Å². The molecule has 38 heavy (non-hydrogen) atoms. The highest BCUT2D eigenvalue weighted by molar-refractivity contribution is 6.22. The first-order chi connectivity index (χ1) is 18.4. The lowest BCUT2D eigenvalue weighted by molar-refractivity contribution is -0.275. The number of phenols is 1. The van der Waals surface area contributed by atoms with Gasteiger partial charge >= 0.3 is 0 Å². The van der Waals surface area contributed by atoms with Crippen molar-refractivity contribution in [2.45, 2.75) is 24.7 Å². The van der Waals surface area contributed by atoms with Crippen molar-refractivity contribution in [3.8, 4) is 5.75 Å². The van der Waals surface area contributed by atoms with Crippen molar-refractivity contribution in [3.63, 3.8) is 0 Å². The van der Waals surface area contributed by atoms with Crippen LogP contribution in [0.25, 0.3) is 0 Å². The van der Waals surface area contributed by atoms with E-state index in [1.54, 1.807) is 43.5 Å². The van der Waals surface area contributed by atoms with Crippen molar-refractivity contribution in [1.29, 1.82) is 0 Å². The summed E-state index contributed by atoms with van der Waals surface area (Å²) in [7, 11) is 1.54. The van der Waals surface area contributed by atoms with Gasteiger partial charge in [0.15, 0.2) is 5.79 Å². The predicted octanol–water partition coefficient (Wildman–Crippen LogP) is 4.37. The summed E-state index contributed by atoms with van der Waals surface area (Å²) < 4.78 is 11.6. The Hall–Kier alpha value is -3.72. The van der Waals surface area contributed by atoms with Crippen molar-refractivity contribution >= 4 is 28.9 Å². The average Bonchev–Trinajstić information content (AvgIpc) is 3.40. The molecule has 3 N–H and O–H groups in total. The van der Waals surface area contributed by atoms with Crippen LogP contribution < -0.4 is 10.2 Å². The van der Waals surface area contributed by atoms with Gasteiger partial charge < -0.3 is 25.0 Å². The summed E-state index contributed by atoms with van der Waals surface area (Å²) in [6.45, 7) is 0.186. The summed E-state index contributed by atoms with van der Waals surface area (Å²) in [6, 6.07) is 23.7. The molecule has 196 valence electrons. The second-order valence-electron chi connectivity index (χ2n) is 10.3. The first kappa shape index (κ1) is 24.6. The summed E-state index contributed by atoms with van der Waals surface area (Å²) in [4.78, 5) is 28.7. The van der Waals surface area contributed by atoms with Gasteiger partial charge in [-0.1, -0.05) is 36.4 Å². The van der Waals surface area contributed by atoms with Crippen LogP contribution >= 0.6 is 0 Å². The van der Waals surface area contributed by atoms with Crippen LogP contribution in [-0.4, -0.2) is 41.5 Å². The van der Waals surface area contributed by atoms with Crippen molar-refractivity contribution in [2.75, 3.05) is 23.9 Å². The number of ether oxygens (including phenoxy) is 2. The summed E-state index contributed by atoms with van der Waals surface area (Å²) >= 11 is 0. The van der Waals surface area contributed by atoms with E-state index in [0.29, 0.717) is 17.7 Å². The molecule has 0 unspecified atom stereocenters. The molecule has 3 aromatic carbocycles. The van der Waals surface area contributed by atoms with Crippen LogP contribution in [0.3, 0.4) is 0 Å². The monoisotopic (exact) mass is 514 g/mol. The SMILES string of the molecule is COC[C@H]1C[C@@H]2C(=O)N(c3ccc(Nc4ccccc4)cc3)C(=O)[C@@H]2[C@@H]2C[C@@H](c3ccccc3O)O[C@]12O. The second kappa shape index (κ2) is 9.54. The maximum atomic E-state index is 13.8. The van der Waals surface area contributed by atoms with Crippen molar-refractivity contribution in [1.82, 2.24) is 0 Å². The lowest BCUT2D eigenvalue weighted by Crippen LogP contribution is -2.54. The van der Waals surface area contributed by atoms with Crippen molar-refractivity contribution in [2.24, 2.45) is 23.7 Å². The molecule has 0 spiro atoms. The van der Waals surface area contributed by atoms with E-state index in [1.165, 1.54) is 4.90 Å². The number of para-hydroxylation sites is 2. The Morgan fingerprint density at radius 2 is 1.63 bits per heavy atom. The van der Waals surface area contributed by atoms with Crippen LogP contribution in [0.5, 0.6) is 5.75 Å². The molecular weight excluding hydrogens is 484 g/mol. The van der Waals surface area contributed by atoms with Gasteiger partial charge in [-0.15, -0.1) is 0 Å². The highest BCUT2D eigenvalue weighted by Crippen LogP contribution is 2.59. The maximum Gasteiger partial charge on any atom is 0.238 e. The number of rotatable bonds is 6. The molecular formula is C30H30N2O6. The maximum absolute atomic E-state index is 13.8. The van der Waals surface area contributed by atoms with Gasteiger partial charge in [0.25, 0.3) is 0 Å². The Kier molecular flexibility index (Phi) is 6.18. The van der Waals surface area contributed by atoms with Crippen LogP contribution in [0.2, 0.25) is 0 Å². The van der Waals surface area contributed by atoms with Gasteiger partial charge in [0, 0.05) is 35.9 Å². The largest absolute Gasteiger partial charge is 0.508 e. The van der Waals surface area contributed by atoms with Gasteiger partial charge in [0.1, 0.15) is 5.75 Å². The molecule has 2 aliphatic heterocycles. The molecule has 8 heteroatoms. The first-order valence-electron chi connectivity index (χ1n) is 12.9. The van der Waals surface area contributed by atoms with E-state index in [2.05, 4.69) is 5.32 Å². The Morgan fingerprint density at radius 3 is 2.34 bits per heavy atom. The number of fused-ring (bicyclic) bond motifs is 3. The van der Waals surface area contributed by atoms with Crippen LogP contribution in [0.15, 0.2) is 78.9 Å². The third-order valence-corrected chi connectivity index (χ3v) is 8.20. The fourth-order valence-electron chi connectivity index (χ4n) is 6.47. The normalized spacial score (nSPS) is 30.3. The number of benzene rings is 3. The molecule has 0 aromatic heterocycles. The third-order valence-electron chi connectivity index (χ3n) is 8.20. The minimum absolute atomic E-state index is 0.0687. The number of aliphatic hydroxyl groups is 1. The Balaban J connectivity index is 1.30. The summed E-state index contributed by atoms with van der Waals surface area (Å²) in [5, 5.41) is 25.6. The first-order valence-corrected chi connectivity index (χ1v) is 12.9. The summed E-state index contributed by atoms with van der Waals surface area (Å²) in [6.07, 6.45) is -0.0275. The minimum Gasteiger partial charge on any atom is -0.508 e. The van der Waals surface area contributed by atoms with E-state index in [-0.39, 0.29) is 30.6 Å². The van der Waals surface area contributed by atoms with E-state index in [1.807, 2.05) is 42.5 Å². The number of carbonyl (C=O) groups excluding carboxylic acids is 2. The fourth-order valence-corrected chi connectivity index (χ4v) is 6.47. The lowest BCUT2D eigenvalue weighted by Gasteiger charge is -2.44. The van der Waals surface area contributed by atoms with Gasteiger partial charge in [-0.05, 0) is 55.3 Å². The van der Waals surface area contributed by atoms with E-state index < -0.39 is 35.6 Å². The van der Waals surface area contributed by atoms with Gasteiger partial charge in [0.2, 0.25) is 11.8 Å². The Morgan fingerprint density at radius 1 is 0.947 bits per heavy atom. The fraction of sp³-hybridized carbons (Fsp3) is 0.333. The molecule has 0 bridgehead atoms. The number of methoxy groups -OCH3 is 1. The number of hydrogen-bond donors (Lipinski definition) is 3. The predicted molar refractivity (Wildman–Crippen MR) is 141 cm³/mol. The zero-order valence-electron chi connectivity index (χ0n) is 21.0. The molecule has 0 radical (unpaired) electrons. The molecule has 3 fully saturated rings. The molecule has 6 rings (SSSR count). The highest BCUT2D eigenvalue weighted by atomic mass is 16.6. The Bertz CT molecular complexity index is 1350. The number of imide groups is 1. The number of carbonyl (C=O) groups is 2. The van der Waals surface area contributed by atoms with Crippen molar-refractivity contribution < 1.29 is 29.3 Å². The lowest BCUT2D eigenvalue weighted by atomic mass is 9.64. The number of nitrogens with one attached hydrogen (secondary N) is 1. The van der Waals surface area contributed by atoms with Crippen molar-refractivity contribution in [3.05, 3.63) is 84.4 Å². The topological polar surface area (TPSA) is 108 Å². The summed E-state index contributed by atoms with van der Waals surface area (Å²) in [5.41, 5.74) is 2.82. The Labute approximate surface area is 220 Å². The number of aromatic hydroxyl groups is 1. The molecule has 2 amide bonds. The molecule has 6 atom stereocenters. The minimum atomic E-state index is -1.65. The molecule has 3 aromatic rings. The average molecular weight is 515 g/mol. The molecule has 2 saturated heterocycles. The van der Waals surface area contributed by atoms with Gasteiger partial charge in [-0.3, -0.25) is 14.5 Å². The number of nitrogens with zero attached hydrogens (tertiary/aromatic N) is 1. The molecule has 3 aliphatic rings. The number of anilines is 3. The van der Waals surface area contributed by atoms with Gasteiger partial charge in [-0.2, -0.15) is 0 Å². The van der Waals surface area contributed by atoms with E-state index in [4.69, 9.17) is 9.47 Å². The molecule has 1 aliphatic carbocycles. The number of phenolic OH excluding ortho intramolecular Hbond substituents is 1. The standard InChI is InChI=1S/C30H30N2O6/c1-37-17-18-15-23-27(24-16-26(38-30(18,24)36)22-9-5-6-10-25(22)33)29(35)32(28(23)34)21-13-11-20(12-14-21)31-19-7-3-2-4-8-19/h2-14,18,23-24,26-27,31,33,36H,15-17H2,1H3/t18-,23+,24+,26+,27+,30-/m1/s1. The second-order valence-corrected chi connectivity index (χ2v) is 10.3. The van der Waals surface area contributed by atoms with Crippen LogP contribution in [-0.2, 0) is 19.1 Å². The molecule has 1 saturated carbocycles. The summed E-state index contributed by atoms with van der Waals surface area (Å²) in [5.74, 6) is -4.60. The zero-order valence-corrected chi connectivity index (χ0v) is 21.0. The molecule has 2 heterocycles. The van der Waals surface area contributed by atoms with Crippen LogP contribution in [0, 0.1) is 23.7 Å². The number of amides is 2. The van der Waals surface area contributed by atoms with E-state index >= 15 is 0 Å². The number of hydrogen-bond acceptors (Lipinski definition) is 7. The van der Waals surface area contributed by atoms with Gasteiger partial charge in [0.05, 0.1) is 30.2 Å². The zero-order chi connectivity index (χ0) is 26.4. The van der Waals surface area contributed by atoms with Gasteiger partial charge in [-0.25, -0.2) is 0 Å².